The van der Waals surface area contributed by atoms with Crippen molar-refractivity contribution in [1.29, 1.82) is 0 Å². The molecule has 1 aliphatic heterocycles. The van der Waals surface area contributed by atoms with Crippen LogP contribution in [0.25, 0.3) is 11.5 Å². The van der Waals surface area contributed by atoms with Crippen molar-refractivity contribution in [2.24, 2.45) is 0 Å². The van der Waals surface area contributed by atoms with Crippen LogP contribution in [0.1, 0.15) is 40.8 Å². The van der Waals surface area contributed by atoms with Gasteiger partial charge in [-0.1, -0.05) is 18.2 Å². The first-order valence-electron chi connectivity index (χ1n) is 8.80. The summed E-state index contributed by atoms with van der Waals surface area (Å²) in [5, 5.41) is 0. The highest BCUT2D eigenvalue weighted by Crippen LogP contribution is 2.36. The number of carbonyl (C=O) groups excluding carboxylic acids is 1. The van der Waals surface area contributed by atoms with Gasteiger partial charge in [0.2, 0.25) is 5.89 Å². The second-order valence-electron chi connectivity index (χ2n) is 6.76. The zero-order chi connectivity index (χ0) is 16.8. The number of fused-ring (bicyclic) bond motifs is 1. The van der Waals surface area contributed by atoms with E-state index in [4.69, 9.17) is 4.42 Å². The number of hydrogen-bond donors (Lipinski definition) is 0. The summed E-state index contributed by atoms with van der Waals surface area (Å²) in [7, 11) is 0. The first-order valence-corrected chi connectivity index (χ1v) is 8.80. The van der Waals surface area contributed by atoms with Gasteiger partial charge in [-0.2, -0.15) is 0 Å². The molecule has 1 amide bonds. The Balaban J connectivity index is 1.40. The van der Waals surface area contributed by atoms with E-state index in [1.54, 1.807) is 0 Å². The van der Waals surface area contributed by atoms with Gasteiger partial charge in [0.15, 0.2) is 0 Å². The van der Waals surface area contributed by atoms with Crippen LogP contribution in [-0.4, -0.2) is 26.9 Å². The molecule has 3 aromatic rings. The normalized spacial score (nSPS) is 16.7. The fourth-order valence-corrected chi connectivity index (χ4v) is 3.48. The maximum atomic E-state index is 12.9. The maximum Gasteiger partial charge on any atom is 0.270 e. The topological polar surface area (TPSA) is 51.3 Å². The van der Waals surface area contributed by atoms with E-state index in [0.29, 0.717) is 31.4 Å². The van der Waals surface area contributed by atoms with Gasteiger partial charge < -0.3 is 13.9 Å². The van der Waals surface area contributed by atoms with Crippen LogP contribution in [0.5, 0.6) is 0 Å². The van der Waals surface area contributed by atoms with Crippen LogP contribution in [0, 0.1) is 0 Å². The van der Waals surface area contributed by atoms with E-state index in [9.17, 15) is 4.79 Å². The second-order valence-corrected chi connectivity index (χ2v) is 6.76. The summed E-state index contributed by atoms with van der Waals surface area (Å²) in [6.45, 7) is 1.19. The lowest BCUT2D eigenvalue weighted by Crippen LogP contribution is -2.36. The van der Waals surface area contributed by atoms with Gasteiger partial charge in [-0.25, -0.2) is 4.98 Å². The number of carbonyl (C=O) groups is 1. The van der Waals surface area contributed by atoms with Gasteiger partial charge in [-0.3, -0.25) is 4.79 Å². The highest BCUT2D eigenvalue weighted by molar-refractivity contribution is 5.93. The number of nitrogens with zero attached hydrogens (tertiary/aromatic N) is 3. The Hall–Kier alpha value is -2.82. The van der Waals surface area contributed by atoms with Crippen LogP contribution in [0.4, 0.5) is 0 Å². The van der Waals surface area contributed by atoms with Crippen LogP contribution in [0.3, 0.4) is 0 Å². The predicted octanol–water partition coefficient (Wildman–Crippen LogP) is 3.68. The molecule has 0 radical (unpaired) electrons. The van der Waals surface area contributed by atoms with Crippen molar-refractivity contribution >= 4 is 5.91 Å². The fraction of sp³-hybridized carbons (Fsp3) is 0.300. The first kappa shape index (κ1) is 14.5. The number of amides is 1. The Kier molecular flexibility index (Phi) is 3.26. The molecule has 1 fully saturated rings. The molecule has 1 saturated carbocycles. The molecule has 2 aliphatic rings. The Bertz CT molecular complexity index is 922. The fourth-order valence-electron chi connectivity index (χ4n) is 3.48. The van der Waals surface area contributed by atoms with E-state index in [-0.39, 0.29) is 5.91 Å². The van der Waals surface area contributed by atoms with Crippen molar-refractivity contribution < 1.29 is 9.21 Å². The summed E-state index contributed by atoms with van der Waals surface area (Å²) in [6.07, 6.45) is 5.07. The molecular weight excluding hydrogens is 314 g/mol. The molecule has 126 valence electrons. The van der Waals surface area contributed by atoms with Crippen molar-refractivity contribution in [3.05, 3.63) is 65.8 Å². The Morgan fingerprint density at radius 3 is 2.76 bits per heavy atom. The van der Waals surface area contributed by atoms with Crippen LogP contribution < -0.4 is 0 Å². The lowest BCUT2D eigenvalue weighted by Gasteiger charge is -2.25. The van der Waals surface area contributed by atoms with Crippen LogP contribution in [-0.2, 0) is 13.0 Å². The van der Waals surface area contributed by atoms with Crippen molar-refractivity contribution in [3.8, 4) is 11.5 Å². The smallest absolute Gasteiger partial charge is 0.270 e. The lowest BCUT2D eigenvalue weighted by molar-refractivity contribution is 0.0716. The lowest BCUT2D eigenvalue weighted by atomic mass is 10.1. The van der Waals surface area contributed by atoms with Crippen LogP contribution in [0.15, 0.2) is 53.1 Å². The number of hydrogen-bond acceptors (Lipinski definition) is 3. The molecular formula is C20H19N3O2. The van der Waals surface area contributed by atoms with Crippen molar-refractivity contribution in [3.63, 3.8) is 0 Å². The highest BCUT2D eigenvalue weighted by atomic mass is 16.4. The largest absolute Gasteiger partial charge is 0.441 e. The van der Waals surface area contributed by atoms with E-state index in [1.165, 1.54) is 12.8 Å². The summed E-state index contributed by atoms with van der Waals surface area (Å²) >= 11 is 0. The molecule has 0 bridgehead atoms. The third-order valence-electron chi connectivity index (χ3n) is 4.97. The van der Waals surface area contributed by atoms with E-state index >= 15 is 0 Å². The van der Waals surface area contributed by atoms with Crippen molar-refractivity contribution in [2.45, 2.75) is 31.8 Å². The molecule has 1 aliphatic carbocycles. The average Bonchev–Trinajstić information content (AvgIpc) is 3.22. The van der Waals surface area contributed by atoms with E-state index in [1.807, 2.05) is 53.6 Å². The molecule has 25 heavy (non-hydrogen) atoms. The maximum absolute atomic E-state index is 12.9. The van der Waals surface area contributed by atoms with Crippen molar-refractivity contribution in [1.82, 2.24) is 14.5 Å². The molecule has 5 heteroatoms. The molecule has 5 rings (SSSR count). The van der Waals surface area contributed by atoms with E-state index < -0.39 is 0 Å². The minimum Gasteiger partial charge on any atom is -0.441 e. The quantitative estimate of drug-likeness (QED) is 0.735. The number of aromatic nitrogens is 2. The summed E-state index contributed by atoms with van der Waals surface area (Å²) < 4.78 is 8.05. The monoisotopic (exact) mass is 333 g/mol. The van der Waals surface area contributed by atoms with Gasteiger partial charge in [0.25, 0.3) is 5.91 Å². The molecule has 0 atom stereocenters. The standard InChI is InChI=1S/C20H19N3O2/c24-20(17-7-4-11-23(17)15-8-9-15)22-12-10-18-16(13-22)21-19(25-18)14-5-2-1-3-6-14/h1-7,11,15H,8-10,12-13H2. The van der Waals surface area contributed by atoms with Crippen LogP contribution >= 0.6 is 0 Å². The summed E-state index contributed by atoms with van der Waals surface area (Å²) in [6, 6.07) is 14.3. The number of oxazole rings is 1. The Morgan fingerprint density at radius 1 is 1.12 bits per heavy atom. The molecule has 3 heterocycles. The molecule has 0 unspecified atom stereocenters. The summed E-state index contributed by atoms with van der Waals surface area (Å²) in [5.41, 5.74) is 2.64. The first-order chi connectivity index (χ1) is 12.3. The molecule has 0 spiro atoms. The van der Waals surface area contributed by atoms with Gasteiger partial charge >= 0.3 is 0 Å². The molecule has 1 aromatic carbocycles. The molecule has 0 N–H and O–H groups in total. The molecule has 2 aromatic heterocycles. The summed E-state index contributed by atoms with van der Waals surface area (Å²) in [5.74, 6) is 1.63. The van der Waals surface area contributed by atoms with E-state index in [0.717, 1.165) is 22.7 Å². The minimum atomic E-state index is 0.0896. The molecule has 5 nitrogen and oxygen atoms in total. The molecule has 0 saturated heterocycles. The Morgan fingerprint density at radius 2 is 1.96 bits per heavy atom. The third-order valence-corrected chi connectivity index (χ3v) is 4.97. The highest BCUT2D eigenvalue weighted by Gasteiger charge is 2.31. The average molecular weight is 333 g/mol. The van der Waals surface area contributed by atoms with Gasteiger partial charge in [-0.15, -0.1) is 0 Å². The second kappa shape index (κ2) is 5.62. The number of benzene rings is 1. The minimum absolute atomic E-state index is 0.0896. The van der Waals surface area contributed by atoms with Gasteiger partial charge in [0.05, 0.1) is 6.54 Å². The zero-order valence-corrected chi connectivity index (χ0v) is 13.9. The van der Waals surface area contributed by atoms with E-state index in [2.05, 4.69) is 9.55 Å². The van der Waals surface area contributed by atoms with Crippen LogP contribution in [0.2, 0.25) is 0 Å². The predicted molar refractivity (Wildman–Crippen MR) is 93.1 cm³/mol. The van der Waals surface area contributed by atoms with Gasteiger partial charge in [0, 0.05) is 30.8 Å². The SMILES string of the molecule is O=C(c1cccn1C1CC1)N1CCc2oc(-c3ccccc3)nc2C1. The van der Waals surface area contributed by atoms with Crippen molar-refractivity contribution in [2.75, 3.05) is 6.54 Å². The number of rotatable bonds is 3. The van der Waals surface area contributed by atoms with Gasteiger partial charge in [0.1, 0.15) is 17.1 Å². The third kappa shape index (κ3) is 2.56. The summed E-state index contributed by atoms with van der Waals surface area (Å²) in [4.78, 5) is 19.5. The van der Waals surface area contributed by atoms with Gasteiger partial charge in [-0.05, 0) is 37.1 Å². The Labute approximate surface area is 145 Å². The zero-order valence-electron chi connectivity index (χ0n) is 13.9.